The summed E-state index contributed by atoms with van der Waals surface area (Å²) in [5, 5.41) is 4.26. The van der Waals surface area contributed by atoms with E-state index >= 15 is 4.39 Å². The van der Waals surface area contributed by atoms with Crippen LogP contribution in [0.5, 0.6) is 5.75 Å². The number of aromatic nitrogens is 2. The fourth-order valence-electron chi connectivity index (χ4n) is 4.85. The van der Waals surface area contributed by atoms with E-state index in [-0.39, 0.29) is 29.4 Å². The van der Waals surface area contributed by atoms with E-state index in [0.717, 1.165) is 11.3 Å². The number of benzene rings is 2. The normalized spacial score (nSPS) is 15.8. The number of nitrogens with zero attached hydrogens (tertiary/aromatic N) is 3. The van der Waals surface area contributed by atoms with Crippen LogP contribution in [-0.2, 0) is 11.3 Å². The molecule has 2 aromatic carbocycles. The SMILES string of the molecule is CCOC(=O)c1cn(CC)c2nc3cc(N4CCNC(c5ccc(OC)cc5)C4)c(F)cc3cc2c1=O. The molecule has 37 heavy (non-hydrogen) atoms. The molecular formula is C28H29FN4O4. The predicted octanol–water partition coefficient (Wildman–Crippen LogP) is 4.04. The van der Waals surface area contributed by atoms with Gasteiger partial charge in [0, 0.05) is 43.8 Å². The van der Waals surface area contributed by atoms with Crippen molar-refractivity contribution in [3.63, 3.8) is 0 Å². The fourth-order valence-corrected chi connectivity index (χ4v) is 4.85. The molecule has 1 N–H and O–H groups in total. The van der Waals surface area contributed by atoms with Gasteiger partial charge in [0.25, 0.3) is 0 Å². The molecule has 1 atom stereocenters. The van der Waals surface area contributed by atoms with Crippen molar-refractivity contribution in [2.75, 3.05) is 38.3 Å². The van der Waals surface area contributed by atoms with Gasteiger partial charge in [0.1, 0.15) is 22.8 Å². The van der Waals surface area contributed by atoms with Crippen molar-refractivity contribution < 1.29 is 18.7 Å². The van der Waals surface area contributed by atoms with Gasteiger partial charge in [0.2, 0.25) is 5.43 Å². The molecule has 9 heteroatoms. The number of aryl methyl sites for hydroxylation is 1. The first-order valence-corrected chi connectivity index (χ1v) is 12.4. The second kappa shape index (κ2) is 10.2. The van der Waals surface area contributed by atoms with Crippen LogP contribution in [0.25, 0.3) is 21.9 Å². The molecule has 1 fully saturated rings. The summed E-state index contributed by atoms with van der Waals surface area (Å²) < 4.78 is 27.5. The summed E-state index contributed by atoms with van der Waals surface area (Å²) >= 11 is 0. The molecule has 1 unspecified atom stereocenters. The molecule has 1 aliphatic heterocycles. The van der Waals surface area contributed by atoms with E-state index in [1.807, 2.05) is 36.1 Å². The number of fused-ring (bicyclic) bond motifs is 2. The summed E-state index contributed by atoms with van der Waals surface area (Å²) in [5.41, 5.74) is 2.06. The molecule has 1 aliphatic rings. The number of esters is 1. The summed E-state index contributed by atoms with van der Waals surface area (Å²) in [6.45, 7) is 6.18. The van der Waals surface area contributed by atoms with Gasteiger partial charge in [-0.05, 0) is 49.7 Å². The number of carbonyl (C=O) groups excluding carboxylic acids is 1. The number of hydrogen-bond acceptors (Lipinski definition) is 7. The van der Waals surface area contributed by atoms with Gasteiger partial charge in [-0.1, -0.05) is 12.1 Å². The highest BCUT2D eigenvalue weighted by molar-refractivity contribution is 5.97. The molecule has 0 aliphatic carbocycles. The molecule has 192 valence electrons. The van der Waals surface area contributed by atoms with Gasteiger partial charge in [-0.25, -0.2) is 14.2 Å². The number of pyridine rings is 2. The second-order valence-electron chi connectivity index (χ2n) is 8.96. The molecule has 0 radical (unpaired) electrons. The number of ether oxygens (including phenoxy) is 2. The van der Waals surface area contributed by atoms with Crippen LogP contribution in [0, 0.1) is 5.82 Å². The van der Waals surface area contributed by atoms with Crippen molar-refractivity contribution in [2.24, 2.45) is 0 Å². The number of methoxy groups -OCH3 is 1. The number of piperazine rings is 1. The van der Waals surface area contributed by atoms with Gasteiger partial charge in [0.15, 0.2) is 0 Å². The average Bonchev–Trinajstić information content (AvgIpc) is 2.92. The Morgan fingerprint density at radius 1 is 1.19 bits per heavy atom. The van der Waals surface area contributed by atoms with E-state index in [2.05, 4.69) is 5.32 Å². The third-order valence-electron chi connectivity index (χ3n) is 6.78. The van der Waals surface area contributed by atoms with E-state index in [4.69, 9.17) is 14.5 Å². The van der Waals surface area contributed by atoms with Gasteiger partial charge in [-0.3, -0.25) is 4.79 Å². The molecule has 0 spiro atoms. The van der Waals surface area contributed by atoms with Crippen molar-refractivity contribution in [1.82, 2.24) is 14.9 Å². The maximum Gasteiger partial charge on any atom is 0.343 e. The predicted molar refractivity (Wildman–Crippen MR) is 141 cm³/mol. The molecule has 8 nitrogen and oxygen atoms in total. The van der Waals surface area contributed by atoms with Crippen molar-refractivity contribution in [2.45, 2.75) is 26.4 Å². The smallest absolute Gasteiger partial charge is 0.343 e. The van der Waals surface area contributed by atoms with E-state index in [0.29, 0.717) is 48.4 Å². The van der Waals surface area contributed by atoms with Gasteiger partial charge in [-0.2, -0.15) is 0 Å². The number of anilines is 1. The zero-order chi connectivity index (χ0) is 26.1. The molecule has 0 bridgehead atoms. The second-order valence-corrected chi connectivity index (χ2v) is 8.96. The Hall–Kier alpha value is -3.98. The van der Waals surface area contributed by atoms with Crippen LogP contribution in [0.3, 0.4) is 0 Å². The van der Waals surface area contributed by atoms with Crippen LogP contribution in [-0.4, -0.2) is 48.9 Å². The lowest BCUT2D eigenvalue weighted by Gasteiger charge is -2.35. The minimum Gasteiger partial charge on any atom is -0.497 e. The maximum atomic E-state index is 15.4. The Morgan fingerprint density at radius 2 is 1.97 bits per heavy atom. The monoisotopic (exact) mass is 504 g/mol. The fraction of sp³-hybridized carbons (Fsp3) is 0.321. The molecule has 2 aromatic heterocycles. The van der Waals surface area contributed by atoms with E-state index in [9.17, 15) is 9.59 Å². The molecular weight excluding hydrogens is 475 g/mol. The third kappa shape index (κ3) is 4.62. The van der Waals surface area contributed by atoms with Crippen molar-refractivity contribution >= 4 is 33.6 Å². The van der Waals surface area contributed by atoms with Gasteiger partial charge in [0.05, 0.1) is 30.3 Å². The Morgan fingerprint density at radius 3 is 2.68 bits per heavy atom. The largest absolute Gasteiger partial charge is 0.497 e. The van der Waals surface area contributed by atoms with Crippen LogP contribution in [0.1, 0.15) is 35.8 Å². The number of hydrogen-bond donors (Lipinski definition) is 1. The number of rotatable bonds is 6. The zero-order valence-electron chi connectivity index (χ0n) is 21.1. The summed E-state index contributed by atoms with van der Waals surface area (Å²) in [6, 6.07) is 12.7. The molecule has 3 heterocycles. The van der Waals surface area contributed by atoms with Crippen LogP contribution in [0.15, 0.2) is 53.5 Å². The van der Waals surface area contributed by atoms with Crippen molar-refractivity contribution in [3.8, 4) is 5.75 Å². The van der Waals surface area contributed by atoms with Gasteiger partial charge in [-0.15, -0.1) is 0 Å². The highest BCUT2D eigenvalue weighted by Gasteiger charge is 2.24. The molecule has 1 saturated heterocycles. The van der Waals surface area contributed by atoms with Crippen molar-refractivity contribution in [3.05, 3.63) is 75.8 Å². The van der Waals surface area contributed by atoms with E-state index < -0.39 is 11.4 Å². The Labute approximate surface area is 213 Å². The standard InChI is InChI=1S/C28H29FN4O4/c1-4-32-15-21(28(35)37-5-2)26(34)20-12-18-13-22(29)25(14-23(18)31-27(20)32)33-11-10-30-24(16-33)17-6-8-19(36-3)9-7-17/h6-9,12-15,24,30H,4-5,10-11,16H2,1-3H3. The average molecular weight is 505 g/mol. The summed E-state index contributed by atoms with van der Waals surface area (Å²) in [6.07, 6.45) is 1.49. The first-order chi connectivity index (χ1) is 17.9. The molecule has 5 rings (SSSR count). The van der Waals surface area contributed by atoms with Crippen LogP contribution < -0.4 is 20.4 Å². The minimum atomic E-state index is -0.677. The first-order valence-electron chi connectivity index (χ1n) is 12.4. The molecule has 4 aromatic rings. The van der Waals surface area contributed by atoms with E-state index in [1.54, 1.807) is 30.7 Å². The zero-order valence-corrected chi connectivity index (χ0v) is 21.1. The Balaban J connectivity index is 1.54. The van der Waals surface area contributed by atoms with Crippen LogP contribution in [0.4, 0.5) is 10.1 Å². The summed E-state index contributed by atoms with van der Waals surface area (Å²) in [4.78, 5) is 32.2. The highest BCUT2D eigenvalue weighted by atomic mass is 19.1. The quantitative estimate of drug-likeness (QED) is 0.313. The maximum absolute atomic E-state index is 15.4. The van der Waals surface area contributed by atoms with Gasteiger partial charge < -0.3 is 24.3 Å². The minimum absolute atomic E-state index is 0.0332. The van der Waals surface area contributed by atoms with Gasteiger partial charge >= 0.3 is 5.97 Å². The number of carbonyl (C=O) groups is 1. The number of nitrogens with one attached hydrogen (secondary N) is 1. The Kier molecular flexibility index (Phi) is 6.80. The lowest BCUT2D eigenvalue weighted by molar-refractivity contribution is 0.0524. The van der Waals surface area contributed by atoms with Crippen LogP contribution in [0.2, 0.25) is 0 Å². The topological polar surface area (TPSA) is 85.7 Å². The first kappa shape index (κ1) is 24.7. The third-order valence-corrected chi connectivity index (χ3v) is 6.78. The molecule has 0 amide bonds. The van der Waals surface area contributed by atoms with E-state index in [1.165, 1.54) is 12.3 Å². The lowest BCUT2D eigenvalue weighted by atomic mass is 10.0. The van der Waals surface area contributed by atoms with Crippen molar-refractivity contribution in [1.29, 1.82) is 0 Å². The van der Waals surface area contributed by atoms with Crippen LogP contribution >= 0.6 is 0 Å². The lowest BCUT2D eigenvalue weighted by Crippen LogP contribution is -2.46. The number of halogens is 1. The molecule has 0 saturated carbocycles. The highest BCUT2D eigenvalue weighted by Crippen LogP contribution is 2.30. The Bertz CT molecular complexity index is 1530. The summed E-state index contributed by atoms with van der Waals surface area (Å²) in [7, 11) is 1.63. The summed E-state index contributed by atoms with van der Waals surface area (Å²) in [5.74, 6) is -0.278.